The van der Waals surface area contributed by atoms with Crippen molar-refractivity contribution >= 4 is 0 Å². The maximum Gasteiger partial charge on any atom is 0.0212 e. The Morgan fingerprint density at radius 3 is 1.40 bits per heavy atom. The Morgan fingerprint density at radius 2 is 1.05 bits per heavy atom. The van der Waals surface area contributed by atoms with Gasteiger partial charge in [-0.25, -0.2) is 0 Å². The van der Waals surface area contributed by atoms with Crippen LogP contribution in [0.25, 0.3) is 11.1 Å². The normalized spacial score (nSPS) is 12.3. The molecular formula is C19H21Ti. The van der Waals surface area contributed by atoms with Gasteiger partial charge in [-0.05, 0) is 45.2 Å². The molecule has 0 aliphatic heterocycles. The van der Waals surface area contributed by atoms with Crippen LogP contribution in [0.3, 0.4) is 0 Å². The van der Waals surface area contributed by atoms with Crippen LogP contribution in [-0.4, -0.2) is 0 Å². The van der Waals surface area contributed by atoms with E-state index in [1.54, 1.807) is 0 Å². The van der Waals surface area contributed by atoms with E-state index in [0.29, 0.717) is 11.8 Å². The molecule has 0 aromatic heterocycles. The van der Waals surface area contributed by atoms with E-state index >= 15 is 0 Å². The van der Waals surface area contributed by atoms with Crippen LogP contribution in [0, 0.1) is 6.42 Å². The van der Waals surface area contributed by atoms with Gasteiger partial charge in [0.1, 0.15) is 0 Å². The quantitative estimate of drug-likeness (QED) is 0.547. The Labute approximate surface area is 137 Å². The van der Waals surface area contributed by atoms with Gasteiger partial charge < -0.3 is 0 Å². The maximum atomic E-state index is 2.34. The van der Waals surface area contributed by atoms with Gasteiger partial charge >= 0.3 is 0 Å². The molecule has 2 aromatic carbocycles. The number of hydrogen-bond donors (Lipinski definition) is 0. The summed E-state index contributed by atoms with van der Waals surface area (Å²) in [5, 5.41) is 0. The average Bonchev–Trinajstić information content (AvgIpc) is 2.74. The van der Waals surface area contributed by atoms with Gasteiger partial charge in [0.15, 0.2) is 0 Å². The fourth-order valence-corrected chi connectivity index (χ4v) is 2.78. The summed E-state index contributed by atoms with van der Waals surface area (Å²) >= 11 is 0. The Bertz CT molecular complexity index is 568. The minimum absolute atomic E-state index is 0. The second-order valence-electron chi connectivity index (χ2n) is 6.15. The van der Waals surface area contributed by atoms with E-state index < -0.39 is 0 Å². The predicted octanol–water partition coefficient (Wildman–Crippen LogP) is 5.51. The molecule has 1 radical (unpaired) electrons. The standard InChI is InChI=1S/C19H21.Ti/c1-12(2)14-5-7-18-16(9-14)11-17-10-15(13(3)4)6-8-19(17)18;/h5-13H,1-4H3;. The molecule has 101 valence electrons. The molecule has 1 heteroatoms. The van der Waals surface area contributed by atoms with Gasteiger partial charge in [-0.3, -0.25) is 0 Å². The summed E-state index contributed by atoms with van der Waals surface area (Å²) in [6, 6.07) is 13.8. The second kappa shape index (κ2) is 5.88. The van der Waals surface area contributed by atoms with Gasteiger partial charge in [-0.1, -0.05) is 64.1 Å². The summed E-state index contributed by atoms with van der Waals surface area (Å²) in [5.74, 6) is 1.18. The van der Waals surface area contributed by atoms with Gasteiger partial charge in [0.25, 0.3) is 0 Å². The Kier molecular flexibility index (Phi) is 4.57. The van der Waals surface area contributed by atoms with Crippen molar-refractivity contribution in [2.75, 3.05) is 0 Å². The number of benzene rings is 2. The molecule has 0 fully saturated rings. The Hall–Kier alpha value is -0.846. The third kappa shape index (κ3) is 2.64. The van der Waals surface area contributed by atoms with E-state index in [9.17, 15) is 0 Å². The zero-order chi connectivity index (χ0) is 13.6. The van der Waals surface area contributed by atoms with Crippen molar-refractivity contribution in [1.82, 2.24) is 0 Å². The molecule has 1 aliphatic carbocycles. The molecule has 0 spiro atoms. The fraction of sp³-hybridized carbons (Fsp3) is 0.316. The van der Waals surface area contributed by atoms with Crippen molar-refractivity contribution in [1.29, 1.82) is 0 Å². The monoisotopic (exact) mass is 297 g/mol. The zero-order valence-electron chi connectivity index (χ0n) is 12.7. The van der Waals surface area contributed by atoms with Crippen LogP contribution < -0.4 is 0 Å². The summed E-state index contributed by atoms with van der Waals surface area (Å²) < 4.78 is 0. The van der Waals surface area contributed by atoms with E-state index in [1.165, 1.54) is 33.4 Å². The first-order valence-electron chi connectivity index (χ1n) is 7.19. The first-order valence-corrected chi connectivity index (χ1v) is 7.19. The van der Waals surface area contributed by atoms with Crippen molar-refractivity contribution < 1.29 is 21.7 Å². The molecule has 0 nitrogen and oxygen atoms in total. The van der Waals surface area contributed by atoms with Gasteiger partial charge in [-0.15, -0.1) is 0 Å². The minimum atomic E-state index is 0. The Morgan fingerprint density at radius 1 is 0.650 bits per heavy atom. The van der Waals surface area contributed by atoms with Gasteiger partial charge in [0.2, 0.25) is 0 Å². The van der Waals surface area contributed by atoms with Crippen LogP contribution in [0.5, 0.6) is 0 Å². The molecule has 0 unspecified atom stereocenters. The number of rotatable bonds is 2. The van der Waals surface area contributed by atoms with Crippen molar-refractivity contribution in [3.8, 4) is 11.1 Å². The van der Waals surface area contributed by atoms with Crippen LogP contribution >= 0.6 is 0 Å². The first kappa shape index (κ1) is 15.5. The van der Waals surface area contributed by atoms with Crippen LogP contribution in [0.2, 0.25) is 0 Å². The smallest absolute Gasteiger partial charge is 0.0212 e. The maximum absolute atomic E-state index is 2.34. The Balaban J connectivity index is 0.00000147. The van der Waals surface area contributed by atoms with Gasteiger partial charge in [-0.2, -0.15) is 0 Å². The average molecular weight is 297 g/mol. The third-order valence-electron chi connectivity index (χ3n) is 4.09. The summed E-state index contributed by atoms with van der Waals surface area (Å²) in [7, 11) is 0. The molecule has 0 saturated heterocycles. The third-order valence-corrected chi connectivity index (χ3v) is 4.09. The SMILES string of the molecule is CC(C)c1ccc2c(c1)[CH]c1cc(C(C)C)ccc1-2.[Ti]. The van der Waals surface area contributed by atoms with Crippen LogP contribution in [0.4, 0.5) is 0 Å². The molecule has 0 N–H and O–H groups in total. The van der Waals surface area contributed by atoms with Crippen LogP contribution in [0.15, 0.2) is 36.4 Å². The summed E-state index contributed by atoms with van der Waals surface area (Å²) in [5.41, 5.74) is 8.37. The first-order chi connectivity index (χ1) is 9.06. The molecule has 0 atom stereocenters. The van der Waals surface area contributed by atoms with E-state index in [2.05, 4.69) is 70.5 Å². The van der Waals surface area contributed by atoms with Gasteiger partial charge in [0, 0.05) is 28.1 Å². The van der Waals surface area contributed by atoms with Crippen molar-refractivity contribution in [3.63, 3.8) is 0 Å². The predicted molar refractivity (Wildman–Crippen MR) is 82.6 cm³/mol. The number of fused-ring (bicyclic) bond motifs is 3. The topological polar surface area (TPSA) is 0 Å². The molecule has 20 heavy (non-hydrogen) atoms. The largest absolute Gasteiger partial charge is 0.0587 e. The summed E-state index contributed by atoms with van der Waals surface area (Å²) in [4.78, 5) is 0. The van der Waals surface area contributed by atoms with E-state index in [0.717, 1.165) is 0 Å². The van der Waals surface area contributed by atoms with Crippen LogP contribution in [0.1, 0.15) is 61.8 Å². The fourth-order valence-electron chi connectivity index (χ4n) is 2.78. The molecule has 0 bridgehead atoms. The second-order valence-corrected chi connectivity index (χ2v) is 6.15. The van der Waals surface area contributed by atoms with Gasteiger partial charge in [0.05, 0.1) is 0 Å². The summed E-state index contributed by atoms with van der Waals surface area (Å²) in [6.07, 6.45) is 2.34. The van der Waals surface area contributed by atoms with E-state index in [4.69, 9.17) is 0 Å². The van der Waals surface area contributed by atoms with Crippen LogP contribution in [-0.2, 0) is 21.7 Å². The molecular weight excluding hydrogens is 276 g/mol. The van der Waals surface area contributed by atoms with Crippen molar-refractivity contribution in [2.24, 2.45) is 0 Å². The minimum Gasteiger partial charge on any atom is -0.0587 e. The summed E-state index contributed by atoms with van der Waals surface area (Å²) in [6.45, 7) is 9.00. The molecule has 0 saturated carbocycles. The van der Waals surface area contributed by atoms with Crippen molar-refractivity contribution in [2.45, 2.75) is 39.5 Å². The molecule has 2 aromatic rings. The molecule has 1 aliphatic rings. The van der Waals surface area contributed by atoms with E-state index in [1.807, 2.05) is 0 Å². The zero-order valence-corrected chi connectivity index (χ0v) is 14.3. The molecule has 3 rings (SSSR count). The van der Waals surface area contributed by atoms with E-state index in [-0.39, 0.29) is 21.7 Å². The molecule has 0 heterocycles. The number of hydrogen-bond acceptors (Lipinski definition) is 0. The van der Waals surface area contributed by atoms with Crippen molar-refractivity contribution in [3.05, 3.63) is 65.1 Å². The molecule has 0 amide bonds.